The van der Waals surface area contributed by atoms with Gasteiger partial charge in [0.05, 0.1) is 38.9 Å². The number of rotatable bonds is 6. The van der Waals surface area contributed by atoms with E-state index in [-0.39, 0.29) is 17.4 Å². The van der Waals surface area contributed by atoms with Crippen molar-refractivity contribution in [1.82, 2.24) is 5.32 Å². The molecule has 1 unspecified atom stereocenters. The summed E-state index contributed by atoms with van der Waals surface area (Å²) in [6.07, 6.45) is 0.789. The van der Waals surface area contributed by atoms with Gasteiger partial charge in [0.1, 0.15) is 0 Å². The number of nitrogens with one attached hydrogen (secondary N) is 1. The first-order chi connectivity index (χ1) is 10.1. The number of ether oxygens (including phenoxy) is 3. The summed E-state index contributed by atoms with van der Waals surface area (Å²) in [4.78, 5) is 12.4. The van der Waals surface area contributed by atoms with Crippen molar-refractivity contribution < 1.29 is 19.0 Å². The molecule has 5 heteroatoms. The van der Waals surface area contributed by atoms with Crippen LogP contribution in [0.25, 0.3) is 0 Å². The maximum absolute atomic E-state index is 12.4. The molecule has 1 saturated heterocycles. The Kier molecular flexibility index (Phi) is 4.73. The number of methoxy groups -OCH3 is 2. The molecule has 1 aliphatic heterocycles. The van der Waals surface area contributed by atoms with Gasteiger partial charge in [0.15, 0.2) is 11.5 Å². The van der Waals surface area contributed by atoms with Gasteiger partial charge in [-0.15, -0.1) is 0 Å². The van der Waals surface area contributed by atoms with Crippen LogP contribution in [0.1, 0.15) is 31.9 Å². The molecule has 116 valence electrons. The standard InChI is InChI=1S/C16H23NO4/c1-5-16(9-21-10-16)15(18)17-11(2)12-6-7-13(19-3)14(8-12)20-4/h6-8,11H,5,9-10H2,1-4H3,(H,17,18). The van der Waals surface area contributed by atoms with Crippen LogP contribution in [0.15, 0.2) is 18.2 Å². The largest absolute Gasteiger partial charge is 0.493 e. The molecule has 1 aromatic rings. The average molecular weight is 293 g/mol. The lowest BCUT2D eigenvalue weighted by molar-refractivity contribution is -0.163. The van der Waals surface area contributed by atoms with Crippen LogP contribution in [0.4, 0.5) is 0 Å². The quantitative estimate of drug-likeness (QED) is 0.874. The molecule has 1 heterocycles. The maximum Gasteiger partial charge on any atom is 0.231 e. The number of amides is 1. The molecule has 0 bridgehead atoms. The fourth-order valence-electron chi connectivity index (χ4n) is 2.40. The Morgan fingerprint density at radius 3 is 2.48 bits per heavy atom. The molecule has 0 spiro atoms. The van der Waals surface area contributed by atoms with Crippen molar-refractivity contribution in [2.45, 2.75) is 26.3 Å². The second-order valence-electron chi connectivity index (χ2n) is 5.44. The number of benzene rings is 1. The SMILES string of the molecule is CCC1(C(=O)NC(C)c2ccc(OC)c(OC)c2)COC1. The zero-order valence-electron chi connectivity index (χ0n) is 13.1. The molecule has 1 fully saturated rings. The summed E-state index contributed by atoms with van der Waals surface area (Å²) >= 11 is 0. The minimum absolute atomic E-state index is 0.0542. The third kappa shape index (κ3) is 2.97. The minimum atomic E-state index is -0.356. The van der Waals surface area contributed by atoms with E-state index in [9.17, 15) is 4.79 Å². The van der Waals surface area contributed by atoms with Crippen molar-refractivity contribution in [2.24, 2.45) is 5.41 Å². The predicted molar refractivity (Wildman–Crippen MR) is 79.6 cm³/mol. The van der Waals surface area contributed by atoms with Gasteiger partial charge in [0.25, 0.3) is 0 Å². The lowest BCUT2D eigenvalue weighted by Crippen LogP contribution is -2.54. The smallest absolute Gasteiger partial charge is 0.231 e. The van der Waals surface area contributed by atoms with Crippen molar-refractivity contribution in [3.05, 3.63) is 23.8 Å². The van der Waals surface area contributed by atoms with Crippen molar-refractivity contribution in [2.75, 3.05) is 27.4 Å². The second kappa shape index (κ2) is 6.35. The Hall–Kier alpha value is -1.75. The van der Waals surface area contributed by atoms with Crippen molar-refractivity contribution in [3.8, 4) is 11.5 Å². The molecule has 2 rings (SSSR count). The van der Waals surface area contributed by atoms with Gasteiger partial charge < -0.3 is 19.5 Å². The summed E-state index contributed by atoms with van der Waals surface area (Å²) in [6, 6.07) is 5.57. The van der Waals surface area contributed by atoms with Crippen molar-refractivity contribution in [1.29, 1.82) is 0 Å². The maximum atomic E-state index is 12.4. The summed E-state index contributed by atoms with van der Waals surface area (Å²) in [5.74, 6) is 1.39. The summed E-state index contributed by atoms with van der Waals surface area (Å²) in [6.45, 7) is 4.99. The summed E-state index contributed by atoms with van der Waals surface area (Å²) < 4.78 is 15.7. The molecule has 1 N–H and O–H groups in total. The van der Waals surface area contributed by atoms with Crippen LogP contribution in [0.5, 0.6) is 11.5 Å². The highest BCUT2D eigenvalue weighted by Gasteiger charge is 2.44. The van der Waals surface area contributed by atoms with E-state index < -0.39 is 0 Å². The van der Waals surface area contributed by atoms with Gasteiger partial charge >= 0.3 is 0 Å². The lowest BCUT2D eigenvalue weighted by Gasteiger charge is -2.39. The molecule has 0 aliphatic carbocycles. The summed E-state index contributed by atoms with van der Waals surface area (Å²) in [5.41, 5.74) is 0.623. The van der Waals surface area contributed by atoms with Crippen LogP contribution < -0.4 is 14.8 Å². The van der Waals surface area contributed by atoms with Gasteiger partial charge in [-0.25, -0.2) is 0 Å². The van der Waals surface area contributed by atoms with E-state index in [1.165, 1.54) is 0 Å². The fourth-order valence-corrected chi connectivity index (χ4v) is 2.40. The van der Waals surface area contributed by atoms with E-state index in [1.54, 1.807) is 14.2 Å². The van der Waals surface area contributed by atoms with Gasteiger partial charge in [-0.2, -0.15) is 0 Å². The third-order valence-corrected chi connectivity index (χ3v) is 4.17. The zero-order valence-corrected chi connectivity index (χ0v) is 13.1. The first kappa shape index (κ1) is 15.6. The Balaban J connectivity index is 2.09. The summed E-state index contributed by atoms with van der Waals surface area (Å²) in [5, 5.41) is 3.06. The fraction of sp³-hybridized carbons (Fsp3) is 0.562. The Labute approximate surface area is 125 Å². The summed E-state index contributed by atoms with van der Waals surface area (Å²) in [7, 11) is 3.20. The number of carbonyl (C=O) groups is 1. The highest BCUT2D eigenvalue weighted by Crippen LogP contribution is 2.33. The van der Waals surface area contributed by atoms with Gasteiger partial charge in [-0.05, 0) is 31.0 Å². The minimum Gasteiger partial charge on any atom is -0.493 e. The normalized spacial score (nSPS) is 17.5. The topological polar surface area (TPSA) is 56.8 Å². The molecule has 1 aromatic carbocycles. The first-order valence-electron chi connectivity index (χ1n) is 7.17. The van der Waals surface area contributed by atoms with Crippen molar-refractivity contribution >= 4 is 5.91 Å². The van der Waals surface area contributed by atoms with Crippen LogP contribution in [0.2, 0.25) is 0 Å². The van der Waals surface area contributed by atoms with Gasteiger partial charge in [-0.1, -0.05) is 13.0 Å². The Morgan fingerprint density at radius 2 is 2.00 bits per heavy atom. The second-order valence-corrected chi connectivity index (χ2v) is 5.44. The molecular weight excluding hydrogens is 270 g/mol. The molecule has 1 aliphatic rings. The van der Waals surface area contributed by atoms with E-state index in [0.717, 1.165) is 12.0 Å². The molecule has 0 saturated carbocycles. The Bertz CT molecular complexity index is 505. The predicted octanol–water partition coefficient (Wildman–Crippen LogP) is 2.31. The van der Waals surface area contributed by atoms with E-state index in [4.69, 9.17) is 14.2 Å². The monoisotopic (exact) mass is 293 g/mol. The highest BCUT2D eigenvalue weighted by molar-refractivity contribution is 5.84. The van der Waals surface area contributed by atoms with Crippen molar-refractivity contribution in [3.63, 3.8) is 0 Å². The third-order valence-electron chi connectivity index (χ3n) is 4.17. The van der Waals surface area contributed by atoms with E-state index in [0.29, 0.717) is 24.7 Å². The van der Waals surface area contributed by atoms with E-state index in [2.05, 4.69) is 5.32 Å². The van der Waals surface area contributed by atoms with E-state index >= 15 is 0 Å². The molecule has 21 heavy (non-hydrogen) atoms. The number of hydrogen-bond acceptors (Lipinski definition) is 4. The van der Waals surface area contributed by atoms with Gasteiger partial charge in [0.2, 0.25) is 5.91 Å². The molecule has 1 atom stereocenters. The lowest BCUT2D eigenvalue weighted by atomic mass is 9.82. The van der Waals surface area contributed by atoms with Crippen LogP contribution in [-0.2, 0) is 9.53 Å². The zero-order chi connectivity index (χ0) is 15.5. The number of carbonyl (C=O) groups excluding carboxylic acids is 1. The van der Waals surface area contributed by atoms with Crippen LogP contribution >= 0.6 is 0 Å². The van der Waals surface area contributed by atoms with Gasteiger partial charge in [0, 0.05) is 0 Å². The van der Waals surface area contributed by atoms with E-state index in [1.807, 2.05) is 32.0 Å². The molecular formula is C16H23NO4. The average Bonchev–Trinajstić information content (AvgIpc) is 2.45. The Morgan fingerprint density at radius 1 is 1.33 bits per heavy atom. The van der Waals surface area contributed by atoms with Gasteiger partial charge in [-0.3, -0.25) is 4.79 Å². The van der Waals surface area contributed by atoms with Crippen LogP contribution in [-0.4, -0.2) is 33.3 Å². The molecule has 1 amide bonds. The van der Waals surface area contributed by atoms with Crippen LogP contribution in [0.3, 0.4) is 0 Å². The van der Waals surface area contributed by atoms with Crippen LogP contribution in [0, 0.1) is 5.41 Å². The molecule has 0 aromatic heterocycles. The first-order valence-corrected chi connectivity index (χ1v) is 7.17. The number of hydrogen-bond donors (Lipinski definition) is 1. The highest BCUT2D eigenvalue weighted by atomic mass is 16.5. The molecule has 5 nitrogen and oxygen atoms in total. The molecule has 0 radical (unpaired) electrons.